The molecule has 1 atom stereocenters. The van der Waals surface area contributed by atoms with E-state index in [1.54, 1.807) is 31.4 Å². The van der Waals surface area contributed by atoms with E-state index in [0.29, 0.717) is 27.4 Å². The lowest BCUT2D eigenvalue weighted by Crippen LogP contribution is -2.30. The van der Waals surface area contributed by atoms with Gasteiger partial charge in [-0.1, -0.05) is 11.6 Å². The number of nitrogens with zero attached hydrogens (tertiary/aromatic N) is 2. The third kappa shape index (κ3) is 5.12. The maximum absolute atomic E-state index is 12.8. The maximum Gasteiger partial charge on any atom is 0.340 e. The summed E-state index contributed by atoms with van der Waals surface area (Å²) in [6.45, 7) is 3.27. The summed E-state index contributed by atoms with van der Waals surface area (Å²) >= 11 is 7.40. The molecule has 1 fully saturated rings. The number of nitriles is 1. The van der Waals surface area contributed by atoms with Crippen molar-refractivity contribution in [3.05, 3.63) is 45.6 Å². The largest absolute Gasteiger partial charge is 0.495 e. The number of hydrogen-bond donors (Lipinski definition) is 1. The fourth-order valence-electron chi connectivity index (χ4n) is 2.99. The van der Waals surface area contributed by atoms with Crippen LogP contribution in [-0.2, 0) is 9.53 Å². The fraction of sp³-hybridized carbons (Fsp3) is 0.364. The van der Waals surface area contributed by atoms with Gasteiger partial charge in [-0.05, 0) is 50.6 Å². The van der Waals surface area contributed by atoms with E-state index in [4.69, 9.17) is 21.1 Å². The van der Waals surface area contributed by atoms with Crippen molar-refractivity contribution in [3.8, 4) is 11.8 Å². The molecule has 1 aliphatic carbocycles. The molecule has 9 heteroatoms. The third-order valence-corrected chi connectivity index (χ3v) is 6.01. The van der Waals surface area contributed by atoms with Gasteiger partial charge in [-0.15, -0.1) is 11.8 Å². The normalized spacial score (nSPS) is 13.8. The molecule has 0 bridgehead atoms. The molecule has 1 amide bonds. The number of hydrogen-bond acceptors (Lipinski definition) is 7. The number of halogens is 1. The van der Waals surface area contributed by atoms with Crippen molar-refractivity contribution in [3.63, 3.8) is 0 Å². The second-order valence-corrected chi connectivity index (χ2v) is 8.41. The number of amides is 1. The van der Waals surface area contributed by atoms with Crippen LogP contribution < -0.4 is 10.1 Å². The van der Waals surface area contributed by atoms with Gasteiger partial charge in [-0.2, -0.15) is 5.26 Å². The number of anilines is 1. The molecule has 162 valence electrons. The summed E-state index contributed by atoms with van der Waals surface area (Å²) < 4.78 is 10.6. The van der Waals surface area contributed by atoms with E-state index in [2.05, 4.69) is 10.3 Å². The first kappa shape index (κ1) is 22.9. The van der Waals surface area contributed by atoms with Gasteiger partial charge in [-0.3, -0.25) is 4.79 Å². The Morgan fingerprint density at radius 3 is 2.65 bits per heavy atom. The molecule has 1 saturated carbocycles. The molecule has 1 aromatic heterocycles. The van der Waals surface area contributed by atoms with Gasteiger partial charge in [-0.25, -0.2) is 9.78 Å². The number of ether oxygens (including phenoxy) is 2. The van der Waals surface area contributed by atoms with E-state index in [0.717, 1.165) is 24.1 Å². The predicted octanol–water partition coefficient (Wildman–Crippen LogP) is 4.71. The molecule has 31 heavy (non-hydrogen) atoms. The number of aromatic nitrogens is 1. The van der Waals surface area contributed by atoms with Crippen LogP contribution in [0.5, 0.6) is 5.75 Å². The average molecular weight is 460 g/mol. The van der Waals surface area contributed by atoms with Crippen LogP contribution >= 0.6 is 23.4 Å². The van der Waals surface area contributed by atoms with E-state index in [1.807, 2.05) is 6.07 Å². The molecule has 3 rings (SSSR count). The minimum atomic E-state index is -1.10. The van der Waals surface area contributed by atoms with Crippen LogP contribution in [0.15, 0.2) is 23.2 Å². The standard InChI is InChI=1S/C22H22ClN3O4S/c1-11-7-18(19(29-3)9-16(11)23)25-20(27)12(2)30-22(28)14-8-17(13-5-6-13)26-21(31-4)15(14)10-24/h7-9,12-13H,5-6H2,1-4H3,(H,25,27)/t12-/m0/s1. The Morgan fingerprint density at radius 2 is 2.06 bits per heavy atom. The molecule has 2 aromatic rings. The molecule has 1 heterocycles. The Bertz CT molecular complexity index is 1080. The first-order valence-electron chi connectivity index (χ1n) is 9.64. The molecule has 0 aliphatic heterocycles. The molecule has 1 N–H and O–H groups in total. The third-order valence-electron chi connectivity index (χ3n) is 4.92. The quantitative estimate of drug-likeness (QED) is 0.472. The Labute approximate surface area is 190 Å². The van der Waals surface area contributed by atoms with E-state index in [1.165, 1.54) is 25.8 Å². The predicted molar refractivity (Wildman–Crippen MR) is 119 cm³/mol. The Hall–Kier alpha value is -2.76. The Balaban J connectivity index is 1.79. The maximum atomic E-state index is 12.8. The van der Waals surface area contributed by atoms with Crippen LogP contribution in [0, 0.1) is 18.3 Å². The van der Waals surface area contributed by atoms with Crippen LogP contribution in [0.2, 0.25) is 5.02 Å². The molecular weight excluding hydrogens is 438 g/mol. The van der Waals surface area contributed by atoms with Gasteiger partial charge < -0.3 is 14.8 Å². The van der Waals surface area contributed by atoms with Crippen molar-refractivity contribution in [1.82, 2.24) is 4.98 Å². The zero-order valence-electron chi connectivity index (χ0n) is 17.6. The highest BCUT2D eigenvalue weighted by Gasteiger charge is 2.30. The number of methoxy groups -OCH3 is 1. The van der Waals surface area contributed by atoms with E-state index >= 15 is 0 Å². The fourth-order valence-corrected chi connectivity index (χ4v) is 3.70. The summed E-state index contributed by atoms with van der Waals surface area (Å²) in [6.07, 6.45) is 2.70. The van der Waals surface area contributed by atoms with Crippen molar-refractivity contribution < 1.29 is 19.1 Å². The topological polar surface area (TPSA) is 101 Å². The number of carbonyl (C=O) groups is 2. The smallest absolute Gasteiger partial charge is 0.340 e. The number of esters is 1. The first-order chi connectivity index (χ1) is 14.8. The number of pyridine rings is 1. The number of benzene rings is 1. The molecule has 0 saturated heterocycles. The van der Waals surface area contributed by atoms with E-state index in [-0.39, 0.29) is 11.1 Å². The van der Waals surface area contributed by atoms with Gasteiger partial charge in [0.2, 0.25) is 0 Å². The molecule has 0 radical (unpaired) electrons. The molecule has 0 unspecified atom stereocenters. The van der Waals surface area contributed by atoms with Gasteiger partial charge in [0.05, 0.1) is 23.9 Å². The zero-order chi connectivity index (χ0) is 22.7. The lowest BCUT2D eigenvalue weighted by Gasteiger charge is -2.17. The van der Waals surface area contributed by atoms with E-state index < -0.39 is 18.0 Å². The van der Waals surface area contributed by atoms with Crippen LogP contribution in [-0.4, -0.2) is 36.3 Å². The number of nitrogens with one attached hydrogen (secondary N) is 1. The number of rotatable bonds is 7. The minimum Gasteiger partial charge on any atom is -0.495 e. The minimum absolute atomic E-state index is 0.128. The molecule has 0 spiro atoms. The van der Waals surface area contributed by atoms with E-state index in [9.17, 15) is 14.9 Å². The van der Waals surface area contributed by atoms with Crippen molar-refractivity contribution in [2.24, 2.45) is 0 Å². The summed E-state index contributed by atoms with van der Waals surface area (Å²) in [7, 11) is 1.47. The molecule has 1 aromatic carbocycles. The first-order valence-corrected chi connectivity index (χ1v) is 11.2. The van der Waals surface area contributed by atoms with Gasteiger partial charge in [0.25, 0.3) is 5.91 Å². The van der Waals surface area contributed by atoms with Crippen LogP contribution in [0.1, 0.15) is 52.9 Å². The second kappa shape index (κ2) is 9.58. The molecule has 1 aliphatic rings. The number of carbonyl (C=O) groups excluding carboxylic acids is 2. The van der Waals surface area contributed by atoms with Crippen LogP contribution in [0.3, 0.4) is 0 Å². The second-order valence-electron chi connectivity index (χ2n) is 7.20. The van der Waals surface area contributed by atoms with Crippen molar-refractivity contribution >= 4 is 40.9 Å². The summed E-state index contributed by atoms with van der Waals surface area (Å²) in [5, 5.41) is 13.2. The van der Waals surface area contributed by atoms with Gasteiger partial charge in [0, 0.05) is 22.7 Å². The number of aryl methyl sites for hydroxylation is 1. The highest BCUT2D eigenvalue weighted by molar-refractivity contribution is 7.98. The van der Waals surface area contributed by atoms with Gasteiger partial charge >= 0.3 is 5.97 Å². The Kier molecular flexibility index (Phi) is 7.08. The Morgan fingerprint density at radius 1 is 1.35 bits per heavy atom. The lowest BCUT2D eigenvalue weighted by molar-refractivity contribution is -0.123. The molecular formula is C22H22ClN3O4S. The zero-order valence-corrected chi connectivity index (χ0v) is 19.2. The van der Waals surface area contributed by atoms with Gasteiger partial charge in [0.1, 0.15) is 16.8 Å². The van der Waals surface area contributed by atoms with Crippen molar-refractivity contribution in [2.45, 2.75) is 43.7 Å². The lowest BCUT2D eigenvalue weighted by atomic mass is 10.1. The van der Waals surface area contributed by atoms with Crippen molar-refractivity contribution in [2.75, 3.05) is 18.7 Å². The summed E-state index contributed by atoms with van der Waals surface area (Å²) in [5.74, 6) is -0.583. The van der Waals surface area contributed by atoms with Crippen LogP contribution in [0.25, 0.3) is 0 Å². The SMILES string of the molecule is COc1cc(Cl)c(C)cc1NC(=O)[C@H](C)OC(=O)c1cc(C2CC2)nc(SC)c1C#N. The highest BCUT2D eigenvalue weighted by atomic mass is 35.5. The average Bonchev–Trinajstić information content (AvgIpc) is 3.60. The number of thioether (sulfide) groups is 1. The monoisotopic (exact) mass is 459 g/mol. The summed E-state index contributed by atoms with van der Waals surface area (Å²) in [4.78, 5) is 30.0. The van der Waals surface area contributed by atoms with Gasteiger partial charge in [0.15, 0.2) is 6.10 Å². The summed E-state index contributed by atoms with van der Waals surface area (Å²) in [5.41, 5.74) is 2.23. The highest BCUT2D eigenvalue weighted by Crippen LogP contribution is 2.40. The molecule has 7 nitrogen and oxygen atoms in total. The van der Waals surface area contributed by atoms with Crippen molar-refractivity contribution in [1.29, 1.82) is 5.26 Å². The van der Waals surface area contributed by atoms with Crippen LogP contribution in [0.4, 0.5) is 5.69 Å². The summed E-state index contributed by atoms with van der Waals surface area (Å²) in [6, 6.07) is 6.92.